The third kappa shape index (κ3) is 2.47. The Labute approximate surface area is 111 Å². The van der Waals surface area contributed by atoms with E-state index in [-0.39, 0.29) is 17.8 Å². The minimum atomic E-state index is -0.209. The predicted octanol–water partition coefficient (Wildman–Crippen LogP) is 0.954. The summed E-state index contributed by atoms with van der Waals surface area (Å²) >= 11 is 5.69. The number of halogens is 1. The van der Waals surface area contributed by atoms with E-state index in [4.69, 9.17) is 11.6 Å². The molecule has 1 amide bonds. The van der Waals surface area contributed by atoms with Crippen molar-refractivity contribution >= 4 is 17.5 Å². The highest BCUT2D eigenvalue weighted by atomic mass is 35.5. The molecule has 1 aromatic heterocycles. The van der Waals surface area contributed by atoms with Gasteiger partial charge in [0.25, 0.3) is 5.91 Å². The highest BCUT2D eigenvalue weighted by Crippen LogP contribution is 2.26. The number of amides is 1. The van der Waals surface area contributed by atoms with Gasteiger partial charge in [0, 0.05) is 31.5 Å². The second kappa shape index (κ2) is 4.82. The van der Waals surface area contributed by atoms with Crippen LogP contribution in [0.1, 0.15) is 23.5 Å². The van der Waals surface area contributed by atoms with E-state index in [1.807, 2.05) is 0 Å². The van der Waals surface area contributed by atoms with Gasteiger partial charge in [-0.05, 0) is 25.3 Å². The van der Waals surface area contributed by atoms with Crippen LogP contribution in [0.25, 0.3) is 0 Å². The highest BCUT2D eigenvalue weighted by Gasteiger charge is 2.33. The van der Waals surface area contributed by atoms with Crippen molar-refractivity contribution in [2.24, 2.45) is 5.92 Å². The van der Waals surface area contributed by atoms with Crippen LogP contribution >= 0.6 is 11.6 Å². The van der Waals surface area contributed by atoms with Gasteiger partial charge >= 0.3 is 0 Å². The molecule has 1 unspecified atom stereocenters. The first kappa shape index (κ1) is 11.9. The van der Waals surface area contributed by atoms with E-state index in [1.54, 1.807) is 0 Å². The third-order valence-electron chi connectivity index (χ3n) is 3.63. The van der Waals surface area contributed by atoms with Crippen molar-refractivity contribution in [3.63, 3.8) is 0 Å². The van der Waals surface area contributed by atoms with Crippen LogP contribution in [0.2, 0.25) is 5.02 Å². The number of nitrogens with one attached hydrogen (secondary N) is 1. The number of hydrogen-bond acceptors (Lipinski definition) is 4. The fourth-order valence-electron chi connectivity index (χ4n) is 2.84. The van der Waals surface area contributed by atoms with Crippen LogP contribution in [0, 0.1) is 5.92 Å². The molecule has 1 aromatic rings. The summed E-state index contributed by atoms with van der Waals surface area (Å²) in [5, 5.41) is 3.45. The molecule has 2 aliphatic heterocycles. The minimum absolute atomic E-state index is 0.187. The average molecular weight is 267 g/mol. The van der Waals surface area contributed by atoms with Crippen LogP contribution in [0.15, 0.2) is 12.4 Å². The summed E-state index contributed by atoms with van der Waals surface area (Å²) in [7, 11) is 0. The van der Waals surface area contributed by atoms with E-state index in [1.165, 1.54) is 25.4 Å². The Kier molecular flexibility index (Phi) is 3.18. The zero-order valence-corrected chi connectivity index (χ0v) is 10.7. The number of piperidine rings is 1. The molecule has 3 atom stereocenters. The molecule has 0 aliphatic carbocycles. The topological polar surface area (TPSA) is 58.1 Å². The zero-order valence-electron chi connectivity index (χ0n) is 9.97. The quantitative estimate of drug-likeness (QED) is 0.866. The van der Waals surface area contributed by atoms with E-state index in [9.17, 15) is 4.79 Å². The molecule has 18 heavy (non-hydrogen) atoms. The molecule has 0 radical (unpaired) electrons. The molecule has 6 heteroatoms. The third-order valence-corrected chi connectivity index (χ3v) is 3.82. The molecule has 0 aromatic carbocycles. The first-order valence-corrected chi connectivity index (χ1v) is 6.59. The van der Waals surface area contributed by atoms with Gasteiger partial charge in [-0.25, -0.2) is 9.97 Å². The molecular formula is C12H15ClN4O. The van der Waals surface area contributed by atoms with Crippen LogP contribution in [0.3, 0.4) is 0 Å². The SMILES string of the molecule is O=C(N[C@@H]1C[C@@H]2CCN(C2)C1)c1ncc(Cl)cn1. The van der Waals surface area contributed by atoms with Gasteiger partial charge in [0.1, 0.15) is 0 Å². The van der Waals surface area contributed by atoms with Crippen molar-refractivity contribution in [3.8, 4) is 0 Å². The van der Waals surface area contributed by atoms with Crippen LogP contribution in [0.5, 0.6) is 0 Å². The largest absolute Gasteiger partial charge is 0.345 e. The van der Waals surface area contributed by atoms with Gasteiger partial charge in [-0.2, -0.15) is 0 Å². The van der Waals surface area contributed by atoms with E-state index < -0.39 is 0 Å². The molecule has 0 saturated carbocycles. The standard InChI is InChI=1S/C12H15ClN4O/c13-9-4-14-11(15-5-9)12(18)16-10-3-8-1-2-17(6-8)7-10/h4-5,8,10H,1-3,6-7H2,(H,16,18)/t8-,10+/m0/s1. The summed E-state index contributed by atoms with van der Waals surface area (Å²) < 4.78 is 0. The van der Waals surface area contributed by atoms with Gasteiger partial charge in [0.15, 0.2) is 0 Å². The number of nitrogens with zero attached hydrogens (tertiary/aromatic N) is 3. The molecule has 1 N–H and O–H groups in total. The van der Waals surface area contributed by atoms with E-state index in [0.717, 1.165) is 25.4 Å². The molecule has 2 saturated heterocycles. The molecule has 2 fully saturated rings. The zero-order chi connectivity index (χ0) is 12.5. The van der Waals surface area contributed by atoms with Gasteiger partial charge in [0.2, 0.25) is 5.82 Å². The van der Waals surface area contributed by atoms with Crippen LogP contribution < -0.4 is 5.32 Å². The Hall–Kier alpha value is -1.20. The van der Waals surface area contributed by atoms with Crippen molar-refractivity contribution in [2.45, 2.75) is 18.9 Å². The second-order valence-electron chi connectivity index (χ2n) is 5.05. The maximum atomic E-state index is 12.0. The lowest BCUT2D eigenvalue weighted by Crippen LogP contribution is -2.47. The summed E-state index contributed by atoms with van der Waals surface area (Å²) in [5.41, 5.74) is 0. The molecule has 2 bridgehead atoms. The fraction of sp³-hybridized carbons (Fsp3) is 0.583. The number of aromatic nitrogens is 2. The summed E-state index contributed by atoms with van der Waals surface area (Å²) in [6.07, 6.45) is 5.20. The predicted molar refractivity (Wildman–Crippen MR) is 67.5 cm³/mol. The number of carbonyl (C=O) groups excluding carboxylic acids is 1. The summed E-state index contributed by atoms with van der Waals surface area (Å²) in [5.74, 6) is 0.710. The normalized spacial score (nSPS) is 30.2. The maximum Gasteiger partial charge on any atom is 0.289 e. The van der Waals surface area contributed by atoms with Crippen molar-refractivity contribution in [1.29, 1.82) is 0 Å². The average Bonchev–Trinajstić information content (AvgIpc) is 2.69. The monoisotopic (exact) mass is 266 g/mol. The second-order valence-corrected chi connectivity index (χ2v) is 5.48. The van der Waals surface area contributed by atoms with E-state index in [2.05, 4.69) is 20.2 Å². The van der Waals surface area contributed by atoms with Crippen molar-refractivity contribution < 1.29 is 4.79 Å². The summed E-state index contributed by atoms with van der Waals surface area (Å²) in [4.78, 5) is 22.2. The molecule has 5 nitrogen and oxygen atoms in total. The van der Waals surface area contributed by atoms with E-state index in [0.29, 0.717) is 5.02 Å². The maximum absolute atomic E-state index is 12.0. The van der Waals surface area contributed by atoms with Crippen molar-refractivity contribution in [2.75, 3.05) is 19.6 Å². The fourth-order valence-corrected chi connectivity index (χ4v) is 2.94. The number of fused-ring (bicyclic) bond motifs is 2. The molecule has 96 valence electrons. The number of carbonyl (C=O) groups is 1. The molecule has 3 heterocycles. The first-order valence-electron chi connectivity index (χ1n) is 6.21. The van der Waals surface area contributed by atoms with Gasteiger partial charge in [-0.1, -0.05) is 11.6 Å². The summed E-state index contributed by atoms with van der Waals surface area (Å²) in [6.45, 7) is 3.29. The Balaban J connectivity index is 1.62. The Morgan fingerprint density at radius 3 is 2.89 bits per heavy atom. The lowest BCUT2D eigenvalue weighted by molar-refractivity contribution is 0.0899. The van der Waals surface area contributed by atoms with Gasteiger partial charge < -0.3 is 10.2 Å². The summed E-state index contributed by atoms with van der Waals surface area (Å²) in [6, 6.07) is 0.220. The van der Waals surface area contributed by atoms with Crippen LogP contribution in [-0.4, -0.2) is 46.5 Å². The number of rotatable bonds is 2. The smallest absolute Gasteiger partial charge is 0.289 e. The van der Waals surface area contributed by atoms with Crippen LogP contribution in [0.4, 0.5) is 0 Å². The Morgan fingerprint density at radius 2 is 2.17 bits per heavy atom. The van der Waals surface area contributed by atoms with Gasteiger partial charge in [-0.3, -0.25) is 4.79 Å². The molecular weight excluding hydrogens is 252 g/mol. The Morgan fingerprint density at radius 1 is 1.39 bits per heavy atom. The highest BCUT2D eigenvalue weighted by molar-refractivity contribution is 6.30. The Bertz CT molecular complexity index is 438. The first-order chi connectivity index (χ1) is 8.70. The molecule has 2 aliphatic rings. The number of hydrogen-bond donors (Lipinski definition) is 1. The van der Waals surface area contributed by atoms with Gasteiger partial charge in [-0.15, -0.1) is 0 Å². The lowest BCUT2D eigenvalue weighted by atomic mass is 9.97. The molecule has 0 spiro atoms. The van der Waals surface area contributed by atoms with Crippen molar-refractivity contribution in [1.82, 2.24) is 20.2 Å². The molecule has 3 rings (SSSR count). The van der Waals surface area contributed by atoms with Crippen LogP contribution in [-0.2, 0) is 0 Å². The van der Waals surface area contributed by atoms with Crippen molar-refractivity contribution in [3.05, 3.63) is 23.2 Å². The van der Waals surface area contributed by atoms with E-state index >= 15 is 0 Å². The van der Waals surface area contributed by atoms with Gasteiger partial charge in [0.05, 0.1) is 5.02 Å². The minimum Gasteiger partial charge on any atom is -0.345 e. The lowest BCUT2D eigenvalue weighted by Gasteiger charge is -2.30.